The van der Waals surface area contributed by atoms with Crippen LogP contribution in [-0.4, -0.2) is 34.9 Å². The Bertz CT molecular complexity index is 489. The predicted octanol–water partition coefficient (Wildman–Crippen LogP) is 2.20. The number of hydrogen-bond donors (Lipinski definition) is 2. The molecule has 0 aromatic heterocycles. The van der Waals surface area contributed by atoms with E-state index in [4.69, 9.17) is 10.9 Å². The maximum atomic E-state index is 12.4. The third kappa shape index (κ3) is 4.09. The van der Waals surface area contributed by atoms with Gasteiger partial charge in [0.2, 0.25) is 0 Å². The van der Waals surface area contributed by atoms with Gasteiger partial charge in [0.15, 0.2) is 0 Å². The highest BCUT2D eigenvalue weighted by Gasteiger charge is 2.17. The summed E-state index contributed by atoms with van der Waals surface area (Å²) in [5.41, 5.74) is 7.21. The van der Waals surface area contributed by atoms with Crippen molar-refractivity contribution in [2.45, 2.75) is 20.3 Å². The monoisotopic (exact) mass is 375 g/mol. The van der Waals surface area contributed by atoms with E-state index >= 15 is 0 Å². The molecular formula is C13H18IN3O2. The lowest BCUT2D eigenvalue weighted by molar-refractivity contribution is 0.0767. The molecule has 0 heterocycles. The van der Waals surface area contributed by atoms with Crippen LogP contribution in [0, 0.1) is 10.5 Å². The summed E-state index contributed by atoms with van der Waals surface area (Å²) in [5, 5.41) is 11.4. The number of oxime groups is 1. The minimum Gasteiger partial charge on any atom is -0.409 e. The number of rotatable bonds is 5. The highest BCUT2D eigenvalue weighted by molar-refractivity contribution is 14.1. The second kappa shape index (κ2) is 7.32. The molecule has 104 valence electrons. The third-order valence-corrected chi connectivity index (χ3v) is 4.29. The van der Waals surface area contributed by atoms with E-state index in [1.54, 1.807) is 4.90 Å². The Morgan fingerprint density at radius 3 is 2.79 bits per heavy atom. The molecule has 0 spiro atoms. The Labute approximate surface area is 126 Å². The van der Waals surface area contributed by atoms with E-state index in [0.717, 1.165) is 9.13 Å². The Kier molecular flexibility index (Phi) is 6.07. The van der Waals surface area contributed by atoms with Gasteiger partial charge in [-0.25, -0.2) is 0 Å². The fraction of sp³-hybridized carbons (Fsp3) is 0.385. The molecule has 0 aliphatic carbocycles. The SMILES string of the molecule is CCN(CC/C(N)=N/O)C(=O)c1cccc(C)c1I. The molecule has 6 heteroatoms. The van der Waals surface area contributed by atoms with Crippen LogP contribution in [-0.2, 0) is 0 Å². The molecule has 0 radical (unpaired) electrons. The van der Waals surface area contributed by atoms with Crippen LogP contribution in [0.15, 0.2) is 23.4 Å². The van der Waals surface area contributed by atoms with Crippen LogP contribution in [0.1, 0.15) is 29.3 Å². The molecule has 1 amide bonds. The highest BCUT2D eigenvalue weighted by atomic mass is 127. The number of amides is 1. The summed E-state index contributed by atoms with van der Waals surface area (Å²) in [6.07, 6.45) is 0.360. The van der Waals surface area contributed by atoms with E-state index in [-0.39, 0.29) is 11.7 Å². The van der Waals surface area contributed by atoms with E-state index in [1.165, 1.54) is 0 Å². The number of aryl methyl sites for hydroxylation is 1. The van der Waals surface area contributed by atoms with Gasteiger partial charge in [0.25, 0.3) is 5.91 Å². The molecule has 1 aromatic carbocycles. The smallest absolute Gasteiger partial charge is 0.254 e. The topological polar surface area (TPSA) is 78.9 Å². The molecule has 0 saturated carbocycles. The lowest BCUT2D eigenvalue weighted by Crippen LogP contribution is -2.34. The van der Waals surface area contributed by atoms with Crippen LogP contribution < -0.4 is 5.73 Å². The number of amidine groups is 1. The van der Waals surface area contributed by atoms with Crippen molar-refractivity contribution in [3.63, 3.8) is 0 Å². The maximum absolute atomic E-state index is 12.4. The van der Waals surface area contributed by atoms with Crippen LogP contribution in [0.3, 0.4) is 0 Å². The van der Waals surface area contributed by atoms with E-state index < -0.39 is 0 Å². The fourth-order valence-electron chi connectivity index (χ4n) is 1.69. The van der Waals surface area contributed by atoms with Crippen LogP contribution in [0.2, 0.25) is 0 Å². The number of halogens is 1. The summed E-state index contributed by atoms with van der Waals surface area (Å²) in [7, 11) is 0. The summed E-state index contributed by atoms with van der Waals surface area (Å²) < 4.78 is 0.965. The molecule has 0 bridgehead atoms. The summed E-state index contributed by atoms with van der Waals surface area (Å²) >= 11 is 2.18. The second-order valence-corrected chi connectivity index (χ2v) is 5.24. The summed E-state index contributed by atoms with van der Waals surface area (Å²) in [6.45, 7) is 4.91. The van der Waals surface area contributed by atoms with Crippen molar-refractivity contribution < 1.29 is 10.0 Å². The predicted molar refractivity (Wildman–Crippen MR) is 83.5 cm³/mol. The summed E-state index contributed by atoms with van der Waals surface area (Å²) in [4.78, 5) is 14.1. The molecule has 0 aliphatic heterocycles. The number of carbonyl (C=O) groups excluding carboxylic acids is 1. The average molecular weight is 375 g/mol. The van der Waals surface area contributed by atoms with E-state index in [1.807, 2.05) is 32.0 Å². The first-order valence-electron chi connectivity index (χ1n) is 6.02. The molecule has 0 saturated heterocycles. The minimum absolute atomic E-state index is 0.0265. The number of benzene rings is 1. The van der Waals surface area contributed by atoms with Crippen molar-refractivity contribution in [1.29, 1.82) is 0 Å². The molecule has 0 fully saturated rings. The molecule has 5 nitrogen and oxygen atoms in total. The normalized spacial score (nSPS) is 11.4. The van der Waals surface area contributed by atoms with E-state index in [9.17, 15) is 4.79 Å². The molecule has 1 aromatic rings. The zero-order chi connectivity index (χ0) is 14.4. The van der Waals surface area contributed by atoms with Gasteiger partial charge in [-0.2, -0.15) is 0 Å². The van der Waals surface area contributed by atoms with Gasteiger partial charge in [0.05, 0.1) is 5.56 Å². The molecule has 0 atom stereocenters. The maximum Gasteiger partial charge on any atom is 0.254 e. The van der Waals surface area contributed by atoms with Crippen molar-refractivity contribution in [2.75, 3.05) is 13.1 Å². The van der Waals surface area contributed by atoms with Crippen molar-refractivity contribution in [3.05, 3.63) is 32.9 Å². The van der Waals surface area contributed by atoms with Gasteiger partial charge in [-0.05, 0) is 48.1 Å². The fourth-order valence-corrected chi connectivity index (χ4v) is 2.28. The standard InChI is InChI=1S/C13H18IN3O2/c1-3-17(8-7-11(15)16-19)13(18)10-6-4-5-9(2)12(10)14/h4-6,19H,3,7-8H2,1-2H3,(H2,15,16). The van der Waals surface area contributed by atoms with Crippen molar-refractivity contribution in [3.8, 4) is 0 Å². The van der Waals surface area contributed by atoms with Crippen molar-refractivity contribution >= 4 is 34.3 Å². The largest absolute Gasteiger partial charge is 0.409 e. The van der Waals surface area contributed by atoms with Crippen molar-refractivity contribution in [2.24, 2.45) is 10.9 Å². The molecule has 3 N–H and O–H groups in total. The van der Waals surface area contributed by atoms with Crippen LogP contribution >= 0.6 is 22.6 Å². The van der Waals surface area contributed by atoms with Crippen LogP contribution in [0.25, 0.3) is 0 Å². The summed E-state index contributed by atoms with van der Waals surface area (Å²) in [6, 6.07) is 5.68. The van der Waals surface area contributed by atoms with E-state index in [0.29, 0.717) is 25.1 Å². The lowest BCUT2D eigenvalue weighted by Gasteiger charge is -2.21. The lowest BCUT2D eigenvalue weighted by atomic mass is 10.1. The Balaban J connectivity index is 2.87. The highest BCUT2D eigenvalue weighted by Crippen LogP contribution is 2.18. The van der Waals surface area contributed by atoms with Gasteiger partial charge >= 0.3 is 0 Å². The molecule has 0 unspecified atom stereocenters. The molecule has 1 rings (SSSR count). The van der Waals surface area contributed by atoms with Gasteiger partial charge in [-0.1, -0.05) is 17.3 Å². The van der Waals surface area contributed by atoms with Gasteiger partial charge < -0.3 is 15.8 Å². The second-order valence-electron chi connectivity index (χ2n) is 4.16. The quantitative estimate of drug-likeness (QED) is 0.272. The average Bonchev–Trinajstić information content (AvgIpc) is 2.41. The van der Waals surface area contributed by atoms with Crippen LogP contribution in [0.5, 0.6) is 0 Å². The molecule has 0 aliphatic rings. The number of nitrogens with two attached hydrogens (primary N) is 1. The Morgan fingerprint density at radius 1 is 1.53 bits per heavy atom. The van der Waals surface area contributed by atoms with Gasteiger partial charge in [-0.15, -0.1) is 0 Å². The Morgan fingerprint density at radius 2 is 2.21 bits per heavy atom. The Hall–Kier alpha value is -1.31. The minimum atomic E-state index is -0.0265. The first kappa shape index (κ1) is 15.7. The first-order valence-corrected chi connectivity index (χ1v) is 7.09. The zero-order valence-corrected chi connectivity index (χ0v) is 13.2. The van der Waals surface area contributed by atoms with Gasteiger partial charge in [0.1, 0.15) is 5.84 Å². The zero-order valence-electron chi connectivity index (χ0n) is 11.1. The number of carbonyl (C=O) groups is 1. The van der Waals surface area contributed by atoms with Crippen molar-refractivity contribution in [1.82, 2.24) is 4.90 Å². The number of hydrogen-bond acceptors (Lipinski definition) is 3. The third-order valence-electron chi connectivity index (χ3n) is 2.86. The molecule has 19 heavy (non-hydrogen) atoms. The van der Waals surface area contributed by atoms with E-state index in [2.05, 4.69) is 27.7 Å². The van der Waals surface area contributed by atoms with Crippen LogP contribution in [0.4, 0.5) is 0 Å². The summed E-state index contributed by atoms with van der Waals surface area (Å²) in [5.74, 6) is 0.103. The number of nitrogens with zero attached hydrogens (tertiary/aromatic N) is 2. The molecular weight excluding hydrogens is 357 g/mol. The first-order chi connectivity index (χ1) is 9.01. The van der Waals surface area contributed by atoms with Gasteiger partial charge in [0, 0.05) is 23.1 Å². The van der Waals surface area contributed by atoms with Gasteiger partial charge in [-0.3, -0.25) is 4.79 Å².